The number of ether oxygens (including phenoxy) is 2. The van der Waals surface area contributed by atoms with Gasteiger partial charge in [-0.15, -0.1) is 0 Å². The largest absolute Gasteiger partial charge is 0.461 e. The van der Waals surface area contributed by atoms with Crippen molar-refractivity contribution >= 4 is 39.8 Å². The van der Waals surface area contributed by atoms with E-state index < -0.39 is 12.0 Å². The topological polar surface area (TPSA) is 75.4 Å². The van der Waals surface area contributed by atoms with Gasteiger partial charge in [-0.05, 0) is 36.4 Å². The summed E-state index contributed by atoms with van der Waals surface area (Å²) in [6.45, 7) is 14.1. The quantitative estimate of drug-likeness (QED) is 0.173. The lowest BCUT2D eigenvalue weighted by molar-refractivity contribution is -0.128. The summed E-state index contributed by atoms with van der Waals surface area (Å²) in [5.74, 6) is -2.14. The minimum Gasteiger partial charge on any atom is -0.461 e. The van der Waals surface area contributed by atoms with Gasteiger partial charge in [0.2, 0.25) is 12.5 Å². The maximum atomic E-state index is 13.6. The molecule has 6 rings (SSSR count). The number of hydrogen-bond donors (Lipinski definition) is 0. The Morgan fingerprint density at radius 2 is 1.98 bits per heavy atom. The van der Waals surface area contributed by atoms with Crippen LogP contribution in [0, 0.1) is 6.57 Å². The standard InChI is InChI=1S/C33H35ClF2N6O3/c1-3-29(43)42-15-14-41(20-23(42)19-37-2)31-25-11-13-40(28-9-5-7-22-6-4-8-26(34)30(22)28)21-27(25)38-32(39-31)45-17-16-44-24-10-12-33(35,36)18-24/h3-9,23-24H,1,10-21H2/t23-,24?/m0/s1. The number of anilines is 2. The first kappa shape index (κ1) is 31.0. The fourth-order valence-electron chi connectivity index (χ4n) is 6.58. The minimum absolute atomic E-state index is 0.116. The van der Waals surface area contributed by atoms with Crippen molar-refractivity contribution in [2.24, 2.45) is 0 Å². The van der Waals surface area contributed by atoms with Crippen LogP contribution in [0.5, 0.6) is 6.01 Å². The Morgan fingerprint density at radius 1 is 1.16 bits per heavy atom. The average Bonchev–Trinajstić information content (AvgIpc) is 3.40. The zero-order valence-electron chi connectivity index (χ0n) is 24.9. The molecule has 1 unspecified atom stereocenters. The first-order valence-corrected chi connectivity index (χ1v) is 15.6. The van der Waals surface area contributed by atoms with Gasteiger partial charge in [-0.25, -0.2) is 15.4 Å². The summed E-state index contributed by atoms with van der Waals surface area (Å²) in [7, 11) is 0. The number of amides is 1. The van der Waals surface area contributed by atoms with Gasteiger partial charge >= 0.3 is 6.01 Å². The van der Waals surface area contributed by atoms with Crippen molar-refractivity contribution in [2.75, 3.05) is 55.7 Å². The van der Waals surface area contributed by atoms with Crippen molar-refractivity contribution in [3.05, 3.63) is 76.8 Å². The van der Waals surface area contributed by atoms with E-state index in [-0.39, 0.29) is 50.6 Å². The summed E-state index contributed by atoms with van der Waals surface area (Å²) in [5, 5.41) is 2.71. The third kappa shape index (κ3) is 6.67. The van der Waals surface area contributed by atoms with Gasteiger partial charge < -0.3 is 29.0 Å². The number of halogens is 3. The normalized spacial score (nSPS) is 21.0. The molecule has 9 nitrogen and oxygen atoms in total. The molecule has 1 aliphatic carbocycles. The molecule has 0 radical (unpaired) electrons. The van der Waals surface area contributed by atoms with Gasteiger partial charge in [0.05, 0.1) is 30.0 Å². The molecule has 12 heteroatoms. The van der Waals surface area contributed by atoms with E-state index in [1.807, 2.05) is 30.3 Å². The number of piperazine rings is 1. The van der Waals surface area contributed by atoms with Gasteiger partial charge in [-0.1, -0.05) is 42.4 Å². The van der Waals surface area contributed by atoms with E-state index in [9.17, 15) is 13.6 Å². The van der Waals surface area contributed by atoms with Gasteiger partial charge in [0.1, 0.15) is 18.5 Å². The van der Waals surface area contributed by atoms with Gasteiger partial charge in [-0.2, -0.15) is 9.97 Å². The molecule has 1 saturated carbocycles. The fourth-order valence-corrected chi connectivity index (χ4v) is 6.85. The molecule has 236 valence electrons. The van der Waals surface area contributed by atoms with Crippen molar-refractivity contribution in [2.45, 2.75) is 50.3 Å². The predicted octanol–water partition coefficient (Wildman–Crippen LogP) is 5.55. The first-order chi connectivity index (χ1) is 21.8. The summed E-state index contributed by atoms with van der Waals surface area (Å²) >= 11 is 6.66. The second kappa shape index (κ2) is 13.2. The van der Waals surface area contributed by atoms with Crippen LogP contribution >= 0.6 is 11.6 Å². The van der Waals surface area contributed by atoms with Crippen LogP contribution in [-0.4, -0.2) is 84.8 Å². The van der Waals surface area contributed by atoms with Gasteiger partial charge in [0.25, 0.3) is 5.92 Å². The van der Waals surface area contributed by atoms with E-state index in [4.69, 9.17) is 37.6 Å². The second-order valence-electron chi connectivity index (χ2n) is 11.7. The van der Waals surface area contributed by atoms with Crippen molar-refractivity contribution in [3.8, 4) is 6.01 Å². The van der Waals surface area contributed by atoms with E-state index in [0.29, 0.717) is 50.6 Å². The summed E-state index contributed by atoms with van der Waals surface area (Å²) in [5.41, 5.74) is 2.83. The molecule has 0 spiro atoms. The second-order valence-corrected chi connectivity index (χ2v) is 12.1. The van der Waals surface area contributed by atoms with E-state index in [0.717, 1.165) is 33.5 Å². The molecule has 2 aromatic carbocycles. The maximum Gasteiger partial charge on any atom is 0.318 e. The zero-order valence-corrected chi connectivity index (χ0v) is 25.7. The lowest BCUT2D eigenvalue weighted by atomic mass is 10.0. The number of fused-ring (bicyclic) bond motifs is 2. The summed E-state index contributed by atoms with van der Waals surface area (Å²) < 4.78 is 38.8. The number of nitrogens with zero attached hydrogens (tertiary/aromatic N) is 6. The van der Waals surface area contributed by atoms with Crippen molar-refractivity contribution in [1.29, 1.82) is 0 Å². The average molecular weight is 637 g/mol. The number of hydrogen-bond acceptors (Lipinski definition) is 7. The third-order valence-electron chi connectivity index (χ3n) is 8.76. The Bertz CT molecular complexity index is 1630. The van der Waals surface area contributed by atoms with Crippen LogP contribution in [0.25, 0.3) is 15.6 Å². The number of carbonyl (C=O) groups is 1. The molecular weight excluding hydrogens is 602 g/mol. The van der Waals surface area contributed by atoms with Crippen LogP contribution in [0.15, 0.2) is 49.1 Å². The molecule has 1 aromatic heterocycles. The monoisotopic (exact) mass is 636 g/mol. The highest BCUT2D eigenvalue weighted by Gasteiger charge is 2.40. The van der Waals surface area contributed by atoms with E-state index in [1.54, 1.807) is 4.90 Å². The Morgan fingerprint density at radius 3 is 2.73 bits per heavy atom. The van der Waals surface area contributed by atoms with Crippen molar-refractivity contribution < 1.29 is 23.0 Å². The molecule has 1 amide bonds. The van der Waals surface area contributed by atoms with Crippen LogP contribution in [-0.2, 0) is 22.5 Å². The number of benzene rings is 2. The molecule has 3 aromatic rings. The highest BCUT2D eigenvalue weighted by molar-refractivity contribution is 6.36. The van der Waals surface area contributed by atoms with Gasteiger partial charge in [0, 0.05) is 55.7 Å². The summed E-state index contributed by atoms with van der Waals surface area (Å²) in [6.07, 6.45) is 1.37. The van der Waals surface area contributed by atoms with E-state index >= 15 is 0 Å². The van der Waals surface area contributed by atoms with Gasteiger partial charge in [-0.3, -0.25) is 4.79 Å². The number of alkyl halides is 2. The molecule has 45 heavy (non-hydrogen) atoms. The highest BCUT2D eigenvalue weighted by Crippen LogP contribution is 2.38. The Balaban J connectivity index is 1.27. The van der Waals surface area contributed by atoms with Crippen LogP contribution < -0.4 is 14.5 Å². The third-order valence-corrected chi connectivity index (χ3v) is 9.08. The minimum atomic E-state index is -2.67. The van der Waals surface area contributed by atoms with Crippen LogP contribution in [0.4, 0.5) is 20.3 Å². The molecule has 2 aliphatic heterocycles. The molecule has 1 saturated heterocycles. The number of aromatic nitrogens is 2. The predicted molar refractivity (Wildman–Crippen MR) is 169 cm³/mol. The van der Waals surface area contributed by atoms with Crippen LogP contribution in [0.2, 0.25) is 5.02 Å². The van der Waals surface area contributed by atoms with E-state index in [2.05, 4.69) is 27.3 Å². The first-order valence-electron chi connectivity index (χ1n) is 15.2. The fraction of sp³-hybridized carbons (Fsp3) is 0.455. The van der Waals surface area contributed by atoms with Crippen molar-refractivity contribution in [3.63, 3.8) is 0 Å². The SMILES string of the molecule is [C-]#[N+]C[C@H]1CN(c2nc(OCCOC3CCC(F)(F)C3)nc3c2CCN(c2cccc4cccc(Cl)c24)C3)CCN1C(=O)C=C. The number of rotatable bonds is 9. The molecule has 2 atom stereocenters. The molecular formula is C33H35ClF2N6O3. The lowest BCUT2D eigenvalue weighted by Crippen LogP contribution is -2.56. The summed E-state index contributed by atoms with van der Waals surface area (Å²) in [6, 6.07) is 11.9. The maximum absolute atomic E-state index is 13.6. The zero-order chi connectivity index (χ0) is 31.6. The molecule has 0 bridgehead atoms. The Kier molecular flexibility index (Phi) is 9.06. The van der Waals surface area contributed by atoms with E-state index in [1.165, 1.54) is 6.08 Å². The van der Waals surface area contributed by atoms with Crippen LogP contribution in [0.1, 0.15) is 30.5 Å². The lowest BCUT2D eigenvalue weighted by Gasteiger charge is -2.41. The number of carbonyl (C=O) groups excluding carboxylic acids is 1. The molecule has 0 N–H and O–H groups in total. The molecule has 3 heterocycles. The van der Waals surface area contributed by atoms with Gasteiger partial charge in [0.15, 0.2) is 0 Å². The smallest absolute Gasteiger partial charge is 0.318 e. The molecule has 3 aliphatic rings. The summed E-state index contributed by atoms with van der Waals surface area (Å²) in [4.78, 5) is 31.8. The Labute approximate surface area is 266 Å². The molecule has 2 fully saturated rings. The Hall–Kier alpha value is -4.01. The van der Waals surface area contributed by atoms with Crippen LogP contribution in [0.3, 0.4) is 0 Å². The highest BCUT2D eigenvalue weighted by atomic mass is 35.5. The van der Waals surface area contributed by atoms with Crippen molar-refractivity contribution in [1.82, 2.24) is 14.9 Å².